The van der Waals surface area contributed by atoms with Crippen LogP contribution in [0.3, 0.4) is 0 Å². The maximum absolute atomic E-state index is 12.5. The molecule has 0 spiro atoms. The lowest BCUT2D eigenvalue weighted by Crippen LogP contribution is -2.07. The molecule has 40 heavy (non-hydrogen) atoms. The number of methoxy groups -OCH3 is 1. The molecular formula is C29H28N4O7. The van der Waals surface area contributed by atoms with Crippen molar-refractivity contribution in [1.82, 2.24) is 19.7 Å². The molecule has 206 valence electrons. The second-order valence-electron chi connectivity index (χ2n) is 8.69. The number of esters is 1. The van der Waals surface area contributed by atoms with Gasteiger partial charge in [-0.3, -0.25) is 9.67 Å². The second-order valence-corrected chi connectivity index (χ2v) is 8.69. The van der Waals surface area contributed by atoms with Crippen LogP contribution in [0.5, 0.6) is 17.4 Å². The van der Waals surface area contributed by atoms with Crippen LogP contribution in [-0.2, 0) is 24.5 Å². The molecule has 0 saturated heterocycles. The molecule has 0 N–H and O–H groups in total. The van der Waals surface area contributed by atoms with Crippen LogP contribution in [0, 0.1) is 6.92 Å². The topological polar surface area (TPSA) is 124 Å². The molecule has 5 rings (SSSR count). The molecule has 0 saturated carbocycles. The highest BCUT2D eigenvalue weighted by Gasteiger charge is 2.20. The van der Waals surface area contributed by atoms with Crippen LogP contribution in [0.4, 0.5) is 0 Å². The van der Waals surface area contributed by atoms with E-state index < -0.39 is 5.97 Å². The molecule has 0 bridgehead atoms. The summed E-state index contributed by atoms with van der Waals surface area (Å²) < 4.78 is 35.3. The Morgan fingerprint density at radius 3 is 2.70 bits per heavy atom. The summed E-state index contributed by atoms with van der Waals surface area (Å²) in [6.45, 7) is 4.55. The molecular weight excluding hydrogens is 516 g/mol. The van der Waals surface area contributed by atoms with E-state index in [1.54, 1.807) is 67.8 Å². The highest BCUT2D eigenvalue weighted by Crippen LogP contribution is 2.31. The molecule has 0 unspecified atom stereocenters. The number of ether oxygens (including phenoxy) is 4. The van der Waals surface area contributed by atoms with Gasteiger partial charge in [-0.2, -0.15) is 0 Å². The van der Waals surface area contributed by atoms with Gasteiger partial charge in [-0.25, -0.2) is 9.78 Å². The van der Waals surface area contributed by atoms with E-state index in [9.17, 15) is 4.79 Å². The summed E-state index contributed by atoms with van der Waals surface area (Å²) in [5.74, 6) is 2.29. The molecule has 0 atom stereocenters. The number of aryl methyl sites for hydroxylation is 1. The first-order valence-corrected chi connectivity index (χ1v) is 12.6. The summed E-state index contributed by atoms with van der Waals surface area (Å²) in [5.41, 5.74) is 2.62. The molecule has 11 heteroatoms. The zero-order valence-corrected chi connectivity index (χ0v) is 22.3. The molecule has 0 aliphatic heterocycles. The van der Waals surface area contributed by atoms with Gasteiger partial charge in [0, 0.05) is 18.6 Å². The normalized spacial score (nSPS) is 10.9. The Morgan fingerprint density at radius 2 is 1.95 bits per heavy atom. The van der Waals surface area contributed by atoms with Crippen molar-refractivity contribution in [3.05, 3.63) is 95.5 Å². The highest BCUT2D eigenvalue weighted by molar-refractivity contribution is 5.91. The summed E-state index contributed by atoms with van der Waals surface area (Å²) in [7, 11) is 1.56. The van der Waals surface area contributed by atoms with Gasteiger partial charge in [0.25, 0.3) is 5.89 Å². The number of benzene rings is 1. The average Bonchev–Trinajstić information content (AvgIpc) is 3.72. The van der Waals surface area contributed by atoms with Crippen molar-refractivity contribution < 1.29 is 32.6 Å². The zero-order chi connectivity index (χ0) is 27.9. The summed E-state index contributed by atoms with van der Waals surface area (Å²) in [6.07, 6.45) is 6.61. The van der Waals surface area contributed by atoms with E-state index in [0.29, 0.717) is 41.1 Å². The molecule has 4 aromatic heterocycles. The minimum atomic E-state index is -0.505. The van der Waals surface area contributed by atoms with E-state index in [-0.39, 0.29) is 31.3 Å². The van der Waals surface area contributed by atoms with E-state index in [4.69, 9.17) is 27.8 Å². The fourth-order valence-electron chi connectivity index (χ4n) is 3.91. The summed E-state index contributed by atoms with van der Waals surface area (Å²) in [5, 5.41) is 4.46. The van der Waals surface area contributed by atoms with Crippen LogP contribution in [0.1, 0.15) is 39.9 Å². The first-order valence-electron chi connectivity index (χ1n) is 12.6. The van der Waals surface area contributed by atoms with Gasteiger partial charge in [0.15, 0.2) is 17.3 Å². The van der Waals surface area contributed by atoms with Crippen LogP contribution in [0.25, 0.3) is 11.7 Å². The number of pyridine rings is 1. The minimum Gasteiger partial charge on any atom is -0.493 e. The molecule has 0 radical (unpaired) electrons. The molecule has 0 aliphatic carbocycles. The molecule has 1 aromatic carbocycles. The second kappa shape index (κ2) is 12.2. The maximum atomic E-state index is 12.5. The molecule has 0 amide bonds. The highest BCUT2D eigenvalue weighted by atomic mass is 16.5. The molecule has 0 fully saturated rings. The first-order chi connectivity index (χ1) is 19.5. The third-order valence-electron chi connectivity index (χ3n) is 5.88. The van der Waals surface area contributed by atoms with E-state index in [0.717, 1.165) is 11.1 Å². The van der Waals surface area contributed by atoms with Gasteiger partial charge < -0.3 is 27.8 Å². The number of oxazole rings is 1. The van der Waals surface area contributed by atoms with Gasteiger partial charge in [0.2, 0.25) is 5.88 Å². The van der Waals surface area contributed by atoms with Crippen molar-refractivity contribution in [2.75, 3.05) is 13.7 Å². The SMILES string of the molecule is CCOC(=O)c1cn(Cc2cccnc2)nc1OCc1ccc(OCc2nc(-c3ccco3)oc2C)c(OC)c1. The maximum Gasteiger partial charge on any atom is 0.345 e. The van der Waals surface area contributed by atoms with Crippen molar-refractivity contribution in [3.63, 3.8) is 0 Å². The van der Waals surface area contributed by atoms with Crippen LogP contribution < -0.4 is 14.2 Å². The summed E-state index contributed by atoms with van der Waals surface area (Å²) in [6, 6.07) is 12.8. The summed E-state index contributed by atoms with van der Waals surface area (Å²) in [4.78, 5) is 21.1. The van der Waals surface area contributed by atoms with Gasteiger partial charge >= 0.3 is 5.97 Å². The Balaban J connectivity index is 1.27. The number of nitrogens with zero attached hydrogens (tertiary/aromatic N) is 4. The smallest absolute Gasteiger partial charge is 0.345 e. The predicted molar refractivity (Wildman–Crippen MR) is 142 cm³/mol. The van der Waals surface area contributed by atoms with E-state index in [1.807, 2.05) is 25.1 Å². The third kappa shape index (κ3) is 6.15. The van der Waals surface area contributed by atoms with Crippen molar-refractivity contribution in [1.29, 1.82) is 0 Å². The van der Waals surface area contributed by atoms with E-state index in [1.165, 1.54) is 0 Å². The van der Waals surface area contributed by atoms with Gasteiger partial charge in [0.05, 0.1) is 26.5 Å². The van der Waals surface area contributed by atoms with Gasteiger partial charge in [-0.05, 0) is 55.3 Å². The largest absolute Gasteiger partial charge is 0.493 e. The Labute approximate surface area is 230 Å². The van der Waals surface area contributed by atoms with Crippen LogP contribution >= 0.6 is 0 Å². The van der Waals surface area contributed by atoms with E-state index >= 15 is 0 Å². The van der Waals surface area contributed by atoms with Gasteiger partial charge in [0.1, 0.15) is 30.2 Å². The van der Waals surface area contributed by atoms with Crippen LogP contribution in [-0.4, -0.2) is 39.4 Å². The Morgan fingerprint density at radius 1 is 1.05 bits per heavy atom. The number of hydrogen-bond donors (Lipinski definition) is 0. The monoisotopic (exact) mass is 544 g/mol. The Kier molecular flexibility index (Phi) is 8.10. The Hall–Kier alpha value is -5.06. The number of rotatable bonds is 12. The van der Waals surface area contributed by atoms with Crippen molar-refractivity contribution in [3.8, 4) is 29.0 Å². The van der Waals surface area contributed by atoms with Crippen molar-refractivity contribution in [2.45, 2.75) is 33.6 Å². The quantitative estimate of drug-likeness (QED) is 0.193. The lowest BCUT2D eigenvalue weighted by molar-refractivity contribution is 0.0521. The van der Waals surface area contributed by atoms with E-state index in [2.05, 4.69) is 15.1 Å². The van der Waals surface area contributed by atoms with Gasteiger partial charge in [-0.1, -0.05) is 12.1 Å². The molecule has 4 heterocycles. The number of carbonyl (C=O) groups excluding carboxylic acids is 1. The molecule has 11 nitrogen and oxygen atoms in total. The van der Waals surface area contributed by atoms with Crippen molar-refractivity contribution in [2.24, 2.45) is 0 Å². The zero-order valence-electron chi connectivity index (χ0n) is 22.3. The molecule has 5 aromatic rings. The van der Waals surface area contributed by atoms with Crippen molar-refractivity contribution >= 4 is 5.97 Å². The van der Waals surface area contributed by atoms with Crippen LogP contribution in [0.2, 0.25) is 0 Å². The number of hydrogen-bond acceptors (Lipinski definition) is 10. The third-order valence-corrected chi connectivity index (χ3v) is 5.88. The Bertz CT molecular complexity index is 1560. The number of furan rings is 1. The minimum absolute atomic E-state index is 0.141. The van der Waals surface area contributed by atoms with Crippen LogP contribution in [0.15, 0.2) is 76.2 Å². The lowest BCUT2D eigenvalue weighted by Gasteiger charge is -2.12. The fraction of sp³-hybridized carbons (Fsp3) is 0.241. The number of carbonyl (C=O) groups is 1. The first kappa shape index (κ1) is 26.5. The summed E-state index contributed by atoms with van der Waals surface area (Å²) >= 11 is 0. The fourth-order valence-corrected chi connectivity index (χ4v) is 3.91. The predicted octanol–water partition coefficient (Wildman–Crippen LogP) is 5.23. The standard InChI is InChI=1S/C29H28N4O7/c1-4-36-29(34)22-16-33(15-21-7-5-11-30-14-21)32-27(22)39-17-20-9-10-24(26(13-20)35-3)38-18-23-19(2)40-28(31-23)25-8-6-12-37-25/h5-14,16H,4,15,17-18H2,1-3H3. The molecule has 0 aliphatic rings. The lowest BCUT2D eigenvalue weighted by atomic mass is 10.2. The number of aromatic nitrogens is 4. The average molecular weight is 545 g/mol. The van der Waals surface area contributed by atoms with Gasteiger partial charge in [-0.15, -0.1) is 5.10 Å².